The first kappa shape index (κ1) is 20.1. The molecule has 1 amide bonds. The summed E-state index contributed by atoms with van der Waals surface area (Å²) in [5, 5.41) is 4.20. The first-order valence-corrected chi connectivity index (χ1v) is 9.46. The third-order valence-corrected chi connectivity index (χ3v) is 4.73. The third-order valence-electron chi connectivity index (χ3n) is 4.14. The number of amides is 1. The number of rotatable bonds is 6. The molecule has 1 heterocycles. The van der Waals surface area contributed by atoms with E-state index in [1.165, 1.54) is 0 Å². The number of hydrogen-bond acceptors (Lipinski definition) is 4. The van der Waals surface area contributed by atoms with Gasteiger partial charge in [0.25, 0.3) is 0 Å². The van der Waals surface area contributed by atoms with Gasteiger partial charge in [-0.2, -0.15) is 0 Å². The first-order valence-electron chi connectivity index (χ1n) is 8.70. The number of ether oxygens (including phenoxy) is 1. The molecule has 0 radical (unpaired) electrons. The molecule has 3 rings (SSSR count). The number of pyridine rings is 1. The topological polar surface area (TPSA) is 68.3 Å². The zero-order valence-corrected chi connectivity index (χ0v) is 16.9. The lowest BCUT2D eigenvalue weighted by molar-refractivity contribution is -0.115. The lowest BCUT2D eigenvalue weighted by Gasteiger charge is -2.12. The molecule has 0 bridgehead atoms. The van der Waals surface area contributed by atoms with Crippen molar-refractivity contribution in [3.05, 3.63) is 63.8 Å². The molecule has 1 aromatic heterocycles. The van der Waals surface area contributed by atoms with E-state index in [4.69, 9.17) is 27.9 Å². The Morgan fingerprint density at radius 1 is 1.07 bits per heavy atom. The lowest BCUT2D eigenvalue weighted by atomic mass is 10.1. The maximum absolute atomic E-state index is 12.5. The van der Waals surface area contributed by atoms with E-state index in [1.807, 2.05) is 19.1 Å². The second-order valence-corrected chi connectivity index (χ2v) is 7.02. The molecule has 7 heteroatoms. The van der Waals surface area contributed by atoms with E-state index < -0.39 is 0 Å². The van der Waals surface area contributed by atoms with E-state index in [0.717, 1.165) is 5.69 Å². The summed E-state index contributed by atoms with van der Waals surface area (Å²) in [7, 11) is 0. The van der Waals surface area contributed by atoms with Gasteiger partial charge in [-0.15, -0.1) is 0 Å². The number of anilines is 1. The van der Waals surface area contributed by atoms with Gasteiger partial charge < -0.3 is 10.1 Å². The molecule has 28 heavy (non-hydrogen) atoms. The molecule has 0 aliphatic rings. The van der Waals surface area contributed by atoms with Crippen LogP contribution in [0.4, 0.5) is 5.69 Å². The molecule has 0 fully saturated rings. The Balaban J connectivity index is 1.78. The molecule has 5 nitrogen and oxygen atoms in total. The quantitative estimate of drug-likeness (QED) is 0.541. The summed E-state index contributed by atoms with van der Waals surface area (Å²) >= 11 is 12.5. The number of aromatic nitrogens is 1. The van der Waals surface area contributed by atoms with Gasteiger partial charge in [0, 0.05) is 28.8 Å². The Bertz CT molecular complexity index is 1050. The average Bonchev–Trinajstić information content (AvgIpc) is 2.67. The number of ketones is 1. The van der Waals surface area contributed by atoms with Crippen LogP contribution >= 0.6 is 23.2 Å². The molecular weight excluding hydrogens is 399 g/mol. The van der Waals surface area contributed by atoms with Crippen molar-refractivity contribution in [3.63, 3.8) is 0 Å². The van der Waals surface area contributed by atoms with Gasteiger partial charge in [-0.05, 0) is 49.4 Å². The molecule has 0 atom stereocenters. The zero-order valence-electron chi connectivity index (χ0n) is 15.4. The van der Waals surface area contributed by atoms with Crippen LogP contribution in [0.3, 0.4) is 0 Å². The Kier molecular flexibility index (Phi) is 6.17. The Morgan fingerprint density at radius 2 is 1.79 bits per heavy atom. The number of hydrogen-bond donors (Lipinski definition) is 1. The summed E-state index contributed by atoms with van der Waals surface area (Å²) in [6, 6.07) is 11.9. The van der Waals surface area contributed by atoms with Crippen LogP contribution in [0.2, 0.25) is 10.0 Å². The monoisotopic (exact) mass is 416 g/mol. The van der Waals surface area contributed by atoms with E-state index in [9.17, 15) is 9.59 Å². The van der Waals surface area contributed by atoms with Crippen molar-refractivity contribution in [1.82, 2.24) is 4.98 Å². The first-order chi connectivity index (χ1) is 13.4. The Labute approximate surface area is 172 Å². The van der Waals surface area contributed by atoms with Crippen LogP contribution in [0.5, 0.6) is 5.75 Å². The summed E-state index contributed by atoms with van der Waals surface area (Å²) in [5.74, 6) is 0.0135. The highest BCUT2D eigenvalue weighted by atomic mass is 35.5. The van der Waals surface area contributed by atoms with Gasteiger partial charge in [0.1, 0.15) is 5.52 Å². The van der Waals surface area contributed by atoms with Gasteiger partial charge in [0.05, 0.1) is 10.0 Å². The minimum atomic E-state index is -0.222. The van der Waals surface area contributed by atoms with Crippen LogP contribution in [0, 0.1) is 6.92 Å². The van der Waals surface area contributed by atoms with Crippen molar-refractivity contribution >= 4 is 51.5 Å². The van der Waals surface area contributed by atoms with E-state index >= 15 is 0 Å². The highest BCUT2D eigenvalue weighted by molar-refractivity contribution is 6.39. The minimum absolute atomic E-state index is 0.0885. The molecule has 0 saturated carbocycles. The number of Topliss-reactive ketones (excluding diaryl/α,β-unsaturated/α-hetero) is 1. The minimum Gasteiger partial charge on any atom is -0.482 e. The average molecular weight is 417 g/mol. The zero-order chi connectivity index (χ0) is 20.3. The fraction of sp³-hybridized carbons (Fsp3) is 0.190. The fourth-order valence-electron chi connectivity index (χ4n) is 2.64. The Hall–Kier alpha value is -2.63. The number of carbonyl (C=O) groups excluding carboxylic acids is 2. The number of benzene rings is 2. The molecule has 0 saturated heterocycles. The molecule has 1 N–H and O–H groups in total. The number of fused-ring (bicyclic) bond motifs is 1. The van der Waals surface area contributed by atoms with Crippen molar-refractivity contribution in [2.75, 3.05) is 11.9 Å². The van der Waals surface area contributed by atoms with Crippen molar-refractivity contribution in [1.29, 1.82) is 0 Å². The van der Waals surface area contributed by atoms with E-state index in [1.54, 1.807) is 37.3 Å². The number of aryl methyl sites for hydroxylation is 1. The smallest absolute Gasteiger partial charge is 0.224 e. The van der Waals surface area contributed by atoms with Crippen LogP contribution < -0.4 is 10.1 Å². The second kappa shape index (κ2) is 8.59. The molecule has 0 spiro atoms. The molecule has 144 valence electrons. The van der Waals surface area contributed by atoms with Crippen molar-refractivity contribution in [2.45, 2.75) is 20.3 Å². The van der Waals surface area contributed by atoms with Gasteiger partial charge >= 0.3 is 0 Å². The van der Waals surface area contributed by atoms with Gasteiger partial charge in [-0.1, -0.05) is 30.1 Å². The molecule has 0 aliphatic heterocycles. The molecule has 0 aliphatic carbocycles. The van der Waals surface area contributed by atoms with E-state index in [2.05, 4.69) is 10.3 Å². The number of carbonyl (C=O) groups is 2. The van der Waals surface area contributed by atoms with Crippen molar-refractivity contribution in [2.24, 2.45) is 0 Å². The van der Waals surface area contributed by atoms with E-state index in [-0.39, 0.29) is 18.3 Å². The fourth-order valence-corrected chi connectivity index (χ4v) is 3.21. The molecule has 2 aromatic carbocycles. The lowest BCUT2D eigenvalue weighted by Crippen LogP contribution is -2.13. The predicted octanol–water partition coefficient (Wildman–Crippen LogP) is 5.46. The standard InChI is InChI=1S/C21H18Cl2N2O3/c1-3-19(27)25-14-7-5-13(6-8-14)18(26)11-28-21-17(23)10-16(22)15-9-4-12(2)24-20(15)21/h4-10H,3,11H2,1-2H3,(H,25,27). The highest BCUT2D eigenvalue weighted by Crippen LogP contribution is 2.37. The predicted molar refractivity (Wildman–Crippen MR) is 112 cm³/mol. The summed E-state index contributed by atoms with van der Waals surface area (Å²) in [4.78, 5) is 28.4. The Morgan fingerprint density at radius 3 is 2.46 bits per heavy atom. The second-order valence-electron chi connectivity index (χ2n) is 6.21. The van der Waals surface area contributed by atoms with Crippen LogP contribution in [0.15, 0.2) is 42.5 Å². The van der Waals surface area contributed by atoms with Gasteiger partial charge in [0.2, 0.25) is 5.91 Å². The van der Waals surface area contributed by atoms with Crippen LogP contribution in [0.1, 0.15) is 29.4 Å². The number of nitrogens with one attached hydrogen (secondary N) is 1. The largest absolute Gasteiger partial charge is 0.482 e. The molecule has 0 unspecified atom stereocenters. The van der Waals surface area contributed by atoms with Gasteiger partial charge in [0.15, 0.2) is 18.1 Å². The SMILES string of the molecule is CCC(=O)Nc1ccc(C(=O)COc2c(Cl)cc(Cl)c3ccc(C)nc23)cc1. The molecule has 3 aromatic rings. The third kappa shape index (κ3) is 4.43. The van der Waals surface area contributed by atoms with E-state index in [0.29, 0.717) is 44.4 Å². The summed E-state index contributed by atoms with van der Waals surface area (Å²) in [6.45, 7) is 3.42. The van der Waals surface area contributed by atoms with Crippen LogP contribution in [-0.4, -0.2) is 23.3 Å². The number of nitrogens with zero attached hydrogens (tertiary/aromatic N) is 1. The summed E-state index contributed by atoms with van der Waals surface area (Å²) in [6.07, 6.45) is 0.387. The summed E-state index contributed by atoms with van der Waals surface area (Å²) in [5.41, 5.74) is 2.40. The van der Waals surface area contributed by atoms with Crippen LogP contribution in [-0.2, 0) is 4.79 Å². The molecular formula is C21H18Cl2N2O3. The summed E-state index contributed by atoms with van der Waals surface area (Å²) < 4.78 is 5.72. The van der Waals surface area contributed by atoms with Crippen molar-refractivity contribution < 1.29 is 14.3 Å². The normalized spacial score (nSPS) is 10.7. The highest BCUT2D eigenvalue weighted by Gasteiger charge is 2.15. The van der Waals surface area contributed by atoms with Gasteiger partial charge in [-0.3, -0.25) is 9.59 Å². The van der Waals surface area contributed by atoms with Crippen LogP contribution in [0.25, 0.3) is 10.9 Å². The number of halogens is 2. The van der Waals surface area contributed by atoms with Gasteiger partial charge in [-0.25, -0.2) is 4.98 Å². The maximum atomic E-state index is 12.5. The van der Waals surface area contributed by atoms with Crippen molar-refractivity contribution in [3.8, 4) is 5.75 Å². The maximum Gasteiger partial charge on any atom is 0.224 e.